The standard InChI is InChI=1S/C23H21F4NO.C22H19F4NO/c1-15(18-4-3-5-20(24)13-18)28-14-16-6-11-22(29-2)21(12-16)17-7-9-19(10-8-17)23(25,26)27;1-28-21-10-5-16(14-27-13-15-3-2-4-19(23)11-15)12-20(21)17-6-8-18(9-7-17)22(24,25)26/h3-13,15,28H,14H2,1-2H3;2-12,27H,13-14H2,1H3. The van der Waals surface area contributed by atoms with Gasteiger partial charge in [-0.15, -0.1) is 0 Å². The van der Waals surface area contributed by atoms with Crippen LogP contribution in [0.5, 0.6) is 11.5 Å². The Morgan fingerprint density at radius 2 is 0.947 bits per heavy atom. The topological polar surface area (TPSA) is 42.5 Å². The fraction of sp³-hybridized carbons (Fsp3) is 0.200. The summed E-state index contributed by atoms with van der Waals surface area (Å²) in [6, 6.07) is 33.8. The fourth-order valence-electron chi connectivity index (χ4n) is 6.02. The summed E-state index contributed by atoms with van der Waals surface area (Å²) in [5.41, 5.74) is 4.84. The molecule has 0 aliphatic heterocycles. The quantitative estimate of drug-likeness (QED) is 0.121. The average molecular weight is 793 g/mol. The minimum absolute atomic E-state index is 0.0673. The van der Waals surface area contributed by atoms with E-state index < -0.39 is 23.5 Å². The third-order valence-corrected chi connectivity index (χ3v) is 9.08. The zero-order valence-electron chi connectivity index (χ0n) is 31.2. The second-order valence-electron chi connectivity index (χ2n) is 13.1. The molecule has 0 aliphatic rings. The van der Waals surface area contributed by atoms with E-state index in [-0.39, 0.29) is 17.7 Å². The highest BCUT2D eigenvalue weighted by Crippen LogP contribution is 2.36. The Morgan fingerprint density at radius 1 is 0.509 bits per heavy atom. The van der Waals surface area contributed by atoms with Crippen LogP contribution in [0, 0.1) is 11.6 Å². The van der Waals surface area contributed by atoms with E-state index in [1.807, 2.05) is 43.3 Å². The second-order valence-corrected chi connectivity index (χ2v) is 13.1. The van der Waals surface area contributed by atoms with E-state index >= 15 is 0 Å². The van der Waals surface area contributed by atoms with Crippen LogP contribution in [-0.4, -0.2) is 14.2 Å². The van der Waals surface area contributed by atoms with Gasteiger partial charge < -0.3 is 20.1 Å². The van der Waals surface area contributed by atoms with Crippen LogP contribution in [0.25, 0.3) is 22.3 Å². The van der Waals surface area contributed by atoms with Crippen LogP contribution >= 0.6 is 0 Å². The highest BCUT2D eigenvalue weighted by Gasteiger charge is 2.31. The lowest BCUT2D eigenvalue weighted by Crippen LogP contribution is -2.18. The van der Waals surface area contributed by atoms with Gasteiger partial charge in [0.2, 0.25) is 0 Å². The van der Waals surface area contributed by atoms with Gasteiger partial charge in [0, 0.05) is 36.8 Å². The largest absolute Gasteiger partial charge is 0.496 e. The van der Waals surface area contributed by atoms with Crippen molar-refractivity contribution in [2.24, 2.45) is 0 Å². The maximum absolute atomic E-state index is 13.4. The molecule has 1 unspecified atom stereocenters. The molecule has 6 aromatic rings. The van der Waals surface area contributed by atoms with Gasteiger partial charge in [0.15, 0.2) is 0 Å². The predicted octanol–water partition coefficient (Wildman–Crippen LogP) is 12.2. The summed E-state index contributed by atoms with van der Waals surface area (Å²) in [4.78, 5) is 0. The maximum atomic E-state index is 13.4. The van der Waals surface area contributed by atoms with E-state index in [1.54, 1.807) is 24.3 Å². The summed E-state index contributed by atoms with van der Waals surface area (Å²) >= 11 is 0. The molecule has 6 aromatic carbocycles. The van der Waals surface area contributed by atoms with Crippen LogP contribution in [0.1, 0.15) is 46.3 Å². The van der Waals surface area contributed by atoms with Crippen molar-refractivity contribution >= 4 is 0 Å². The lowest BCUT2D eigenvalue weighted by Gasteiger charge is -2.16. The molecule has 298 valence electrons. The highest BCUT2D eigenvalue weighted by atomic mass is 19.4. The van der Waals surface area contributed by atoms with Gasteiger partial charge in [-0.1, -0.05) is 60.7 Å². The van der Waals surface area contributed by atoms with Crippen LogP contribution in [0.3, 0.4) is 0 Å². The number of benzene rings is 6. The summed E-state index contributed by atoms with van der Waals surface area (Å²) in [5, 5.41) is 6.57. The lowest BCUT2D eigenvalue weighted by atomic mass is 10.00. The number of ether oxygens (including phenoxy) is 2. The van der Waals surface area contributed by atoms with Gasteiger partial charge in [-0.2, -0.15) is 26.3 Å². The number of halogens is 8. The first kappa shape index (κ1) is 42.4. The minimum atomic E-state index is -4.37. The number of alkyl halides is 6. The number of hydrogen-bond acceptors (Lipinski definition) is 4. The van der Waals surface area contributed by atoms with E-state index in [0.717, 1.165) is 46.5 Å². The first-order valence-corrected chi connectivity index (χ1v) is 17.8. The summed E-state index contributed by atoms with van der Waals surface area (Å²) in [5.74, 6) is 0.582. The molecule has 0 saturated carbocycles. The molecule has 0 spiro atoms. The average Bonchev–Trinajstić information content (AvgIpc) is 3.19. The Hall–Kier alpha value is -5.72. The van der Waals surface area contributed by atoms with Crippen molar-refractivity contribution in [1.29, 1.82) is 0 Å². The van der Waals surface area contributed by atoms with E-state index in [2.05, 4.69) is 10.6 Å². The Balaban J connectivity index is 0.000000218. The zero-order chi connectivity index (χ0) is 41.2. The van der Waals surface area contributed by atoms with Gasteiger partial charge in [-0.05, 0) is 113 Å². The minimum Gasteiger partial charge on any atom is -0.496 e. The van der Waals surface area contributed by atoms with E-state index in [0.29, 0.717) is 53.4 Å². The normalized spacial score (nSPS) is 12.1. The van der Waals surface area contributed by atoms with Crippen LogP contribution in [0.15, 0.2) is 133 Å². The first-order valence-electron chi connectivity index (χ1n) is 17.8. The van der Waals surface area contributed by atoms with Crippen LogP contribution in [-0.2, 0) is 32.0 Å². The van der Waals surface area contributed by atoms with E-state index in [1.165, 1.54) is 62.8 Å². The van der Waals surface area contributed by atoms with Crippen molar-refractivity contribution in [3.8, 4) is 33.8 Å². The van der Waals surface area contributed by atoms with Crippen LogP contribution in [0.4, 0.5) is 35.1 Å². The third-order valence-electron chi connectivity index (χ3n) is 9.08. The molecule has 6 rings (SSSR count). The van der Waals surface area contributed by atoms with Crippen molar-refractivity contribution < 1.29 is 44.6 Å². The summed E-state index contributed by atoms with van der Waals surface area (Å²) in [7, 11) is 3.04. The molecule has 0 aromatic heterocycles. The molecule has 0 aliphatic carbocycles. The molecule has 1 atom stereocenters. The molecule has 4 nitrogen and oxygen atoms in total. The van der Waals surface area contributed by atoms with Gasteiger partial charge in [0.05, 0.1) is 25.3 Å². The zero-order valence-corrected chi connectivity index (χ0v) is 31.2. The van der Waals surface area contributed by atoms with E-state index in [9.17, 15) is 35.1 Å². The smallest absolute Gasteiger partial charge is 0.416 e. The Bertz CT molecular complexity index is 2220. The lowest BCUT2D eigenvalue weighted by molar-refractivity contribution is -0.138. The van der Waals surface area contributed by atoms with Gasteiger partial charge in [-0.3, -0.25) is 0 Å². The van der Waals surface area contributed by atoms with Crippen LogP contribution in [0.2, 0.25) is 0 Å². The van der Waals surface area contributed by atoms with Crippen LogP contribution < -0.4 is 20.1 Å². The molecule has 0 bridgehead atoms. The molecule has 0 heterocycles. The van der Waals surface area contributed by atoms with Crippen molar-refractivity contribution in [1.82, 2.24) is 10.6 Å². The first-order chi connectivity index (χ1) is 27.1. The summed E-state index contributed by atoms with van der Waals surface area (Å²) in [6.45, 7) is 3.47. The molecule has 12 heteroatoms. The molecule has 0 fully saturated rings. The number of nitrogens with one attached hydrogen (secondary N) is 2. The monoisotopic (exact) mass is 792 g/mol. The van der Waals surface area contributed by atoms with Gasteiger partial charge in [-0.25, -0.2) is 8.78 Å². The summed E-state index contributed by atoms with van der Waals surface area (Å²) < 4.78 is 114. The van der Waals surface area contributed by atoms with Crippen molar-refractivity contribution in [2.75, 3.05) is 14.2 Å². The molecular weight excluding hydrogens is 752 g/mol. The van der Waals surface area contributed by atoms with Gasteiger partial charge in [0.25, 0.3) is 0 Å². The molecule has 0 saturated heterocycles. The summed E-state index contributed by atoms with van der Waals surface area (Å²) in [6.07, 6.45) is -8.74. The second kappa shape index (κ2) is 18.9. The third kappa shape index (κ3) is 11.9. The van der Waals surface area contributed by atoms with Crippen molar-refractivity contribution in [2.45, 2.75) is 45.0 Å². The number of rotatable bonds is 12. The Morgan fingerprint density at radius 3 is 1.39 bits per heavy atom. The molecular formula is C45H40F8N2O2. The molecule has 0 amide bonds. The number of hydrogen-bond donors (Lipinski definition) is 2. The molecule has 57 heavy (non-hydrogen) atoms. The maximum Gasteiger partial charge on any atom is 0.416 e. The highest BCUT2D eigenvalue weighted by molar-refractivity contribution is 5.72. The number of methoxy groups -OCH3 is 2. The Kier molecular flexibility index (Phi) is 14.1. The van der Waals surface area contributed by atoms with Crippen molar-refractivity contribution in [3.63, 3.8) is 0 Å². The van der Waals surface area contributed by atoms with Gasteiger partial charge in [0.1, 0.15) is 23.1 Å². The molecule has 0 radical (unpaired) electrons. The predicted molar refractivity (Wildman–Crippen MR) is 205 cm³/mol. The van der Waals surface area contributed by atoms with Gasteiger partial charge >= 0.3 is 12.4 Å². The fourth-order valence-corrected chi connectivity index (χ4v) is 6.02. The van der Waals surface area contributed by atoms with Crippen molar-refractivity contribution in [3.05, 3.63) is 178 Å². The molecule has 2 N–H and O–H groups in total. The van der Waals surface area contributed by atoms with E-state index in [4.69, 9.17) is 9.47 Å². The SMILES string of the molecule is COc1ccc(CNC(C)c2cccc(F)c2)cc1-c1ccc(C(F)(F)F)cc1.COc1ccc(CNCc2cccc(F)c2)cc1-c1ccc(C(F)(F)F)cc1. The Labute approximate surface area is 326 Å².